The van der Waals surface area contributed by atoms with Crippen molar-refractivity contribution in [2.45, 2.75) is 40.3 Å². The lowest BCUT2D eigenvalue weighted by molar-refractivity contribution is 0.0429. The number of aryl methyl sites for hydroxylation is 2. The number of para-hydroxylation sites is 4. The molecule has 0 atom stereocenters. The summed E-state index contributed by atoms with van der Waals surface area (Å²) in [5.74, 6) is 3.29. The van der Waals surface area contributed by atoms with Crippen molar-refractivity contribution >= 4 is 35.5 Å². The van der Waals surface area contributed by atoms with Crippen LogP contribution < -0.4 is 18.9 Å². The average molecular weight is 1570 g/mol. The van der Waals surface area contributed by atoms with Gasteiger partial charge in [0.2, 0.25) is 23.5 Å². The standard InChI is InChI=1S/2C23H18N2O4.C22H15ClN2O4.C22H15FN2O4/c2*1-16-7-9-17(10-8-16)21-13-20(29-25-21)15-27-23(26)18-11-12-22(24-14-18)28-19-5-3-2-4-6-19;2*23-19-9-5-4-8-18(19)20-12-17(29-25-20)14-27-22(26)15-10-11-21(24-13-15)28-16-6-2-1-3-7-16/h2*2-14H,15H2,1H3;2*1-13H,14H2. The van der Waals surface area contributed by atoms with E-state index in [9.17, 15) is 23.6 Å². The fraction of sp³-hybridized carbons (Fsp3) is 0.0667. The number of hydrogen-bond donors (Lipinski definition) is 0. The lowest BCUT2D eigenvalue weighted by Crippen LogP contribution is -2.05. The Morgan fingerprint density at radius 1 is 0.310 bits per heavy atom. The first kappa shape index (κ1) is 78.6. The molecular formula is C90H66ClFN8O16. The van der Waals surface area contributed by atoms with Gasteiger partial charge in [-0.3, -0.25) is 0 Å². The Morgan fingerprint density at radius 2 is 0.578 bits per heavy atom. The highest BCUT2D eigenvalue weighted by molar-refractivity contribution is 6.33. The molecule has 8 aromatic carbocycles. The van der Waals surface area contributed by atoms with Gasteiger partial charge in [0.25, 0.3) is 0 Å². The van der Waals surface area contributed by atoms with Crippen LogP contribution >= 0.6 is 11.6 Å². The maximum atomic E-state index is 13.8. The number of halogens is 2. The third-order valence-corrected chi connectivity index (χ3v) is 16.7. The van der Waals surface area contributed by atoms with Crippen LogP contribution in [-0.4, -0.2) is 64.4 Å². The molecule has 0 spiro atoms. The van der Waals surface area contributed by atoms with Gasteiger partial charge < -0.3 is 56.0 Å². The average Bonchev–Trinajstić information content (AvgIpc) is 1.71. The van der Waals surface area contributed by atoms with Crippen molar-refractivity contribution in [1.82, 2.24) is 40.6 Å². The van der Waals surface area contributed by atoms with E-state index >= 15 is 0 Å². The molecule has 576 valence electrons. The zero-order chi connectivity index (χ0) is 80.2. The van der Waals surface area contributed by atoms with Gasteiger partial charge in [-0.15, -0.1) is 0 Å². The van der Waals surface area contributed by atoms with Gasteiger partial charge >= 0.3 is 23.9 Å². The number of ether oxygens (including phenoxy) is 8. The molecule has 0 radical (unpaired) electrons. The van der Waals surface area contributed by atoms with Gasteiger partial charge in [-0.05, 0) is 105 Å². The fourth-order valence-electron chi connectivity index (χ4n) is 10.4. The molecule has 0 amide bonds. The summed E-state index contributed by atoms with van der Waals surface area (Å²) in [6, 6.07) is 85.9. The Morgan fingerprint density at radius 3 is 0.871 bits per heavy atom. The summed E-state index contributed by atoms with van der Waals surface area (Å²) >= 11 is 6.16. The van der Waals surface area contributed by atoms with Crippen LogP contribution in [0.3, 0.4) is 0 Å². The Balaban J connectivity index is 0.000000135. The molecule has 0 N–H and O–H groups in total. The summed E-state index contributed by atoms with van der Waals surface area (Å²) in [4.78, 5) is 65.4. The molecule has 24 nitrogen and oxygen atoms in total. The molecule has 8 heterocycles. The molecule has 0 saturated heterocycles. The summed E-state index contributed by atoms with van der Waals surface area (Å²) in [5, 5.41) is 16.4. The highest BCUT2D eigenvalue weighted by Gasteiger charge is 2.19. The quantitative estimate of drug-likeness (QED) is 0.0401. The van der Waals surface area contributed by atoms with E-state index in [-0.39, 0.29) is 32.0 Å². The maximum absolute atomic E-state index is 13.8. The first-order chi connectivity index (χ1) is 56.7. The van der Waals surface area contributed by atoms with Crippen molar-refractivity contribution in [1.29, 1.82) is 0 Å². The van der Waals surface area contributed by atoms with E-state index in [4.69, 9.17) is 67.6 Å². The minimum absolute atomic E-state index is 0.0139. The minimum Gasteiger partial charge on any atom is -0.454 e. The van der Waals surface area contributed by atoms with Crippen molar-refractivity contribution in [2.24, 2.45) is 0 Å². The summed E-state index contributed by atoms with van der Waals surface area (Å²) in [6.07, 6.45) is 5.60. The van der Waals surface area contributed by atoms with Crippen LogP contribution in [0.1, 0.15) is 75.6 Å². The molecule has 16 rings (SSSR count). The van der Waals surface area contributed by atoms with E-state index in [1.807, 2.05) is 190 Å². The van der Waals surface area contributed by atoms with Crippen LogP contribution in [0.5, 0.6) is 46.5 Å². The molecule has 0 unspecified atom stereocenters. The van der Waals surface area contributed by atoms with Gasteiger partial charge in [0.15, 0.2) is 49.5 Å². The summed E-state index contributed by atoms with van der Waals surface area (Å²) < 4.78 is 78.1. The molecule has 0 saturated carbocycles. The third-order valence-electron chi connectivity index (χ3n) is 16.4. The monoisotopic (exact) mass is 1570 g/mol. The van der Waals surface area contributed by atoms with Crippen LogP contribution in [0.2, 0.25) is 5.02 Å². The molecule has 26 heteroatoms. The van der Waals surface area contributed by atoms with Gasteiger partial charge in [-0.25, -0.2) is 43.5 Å². The predicted molar refractivity (Wildman–Crippen MR) is 422 cm³/mol. The van der Waals surface area contributed by atoms with Crippen molar-refractivity contribution in [3.8, 4) is 91.5 Å². The van der Waals surface area contributed by atoms with Crippen molar-refractivity contribution in [3.05, 3.63) is 383 Å². The zero-order valence-electron chi connectivity index (χ0n) is 61.7. The number of carbonyl (C=O) groups excluding carboxylic acids is 4. The first-order valence-corrected chi connectivity index (χ1v) is 36.0. The van der Waals surface area contributed by atoms with E-state index < -0.39 is 29.7 Å². The van der Waals surface area contributed by atoms with E-state index in [2.05, 4.69) is 40.6 Å². The highest BCUT2D eigenvalue weighted by Crippen LogP contribution is 2.30. The van der Waals surface area contributed by atoms with Gasteiger partial charge in [-0.2, -0.15) is 0 Å². The normalized spacial score (nSPS) is 10.5. The molecule has 16 aromatic rings. The molecule has 116 heavy (non-hydrogen) atoms. The zero-order valence-corrected chi connectivity index (χ0v) is 62.5. The third kappa shape index (κ3) is 22.8. The van der Waals surface area contributed by atoms with Crippen LogP contribution in [0.25, 0.3) is 45.0 Å². The predicted octanol–water partition coefficient (Wildman–Crippen LogP) is 21.0. The van der Waals surface area contributed by atoms with Crippen molar-refractivity contribution in [2.75, 3.05) is 0 Å². The van der Waals surface area contributed by atoms with E-state index in [1.165, 1.54) is 48.0 Å². The van der Waals surface area contributed by atoms with Gasteiger partial charge in [0.05, 0.1) is 27.3 Å². The van der Waals surface area contributed by atoms with Crippen LogP contribution in [0, 0.1) is 19.7 Å². The molecule has 0 aliphatic carbocycles. The van der Waals surface area contributed by atoms with Crippen molar-refractivity contribution < 1.29 is 79.6 Å². The molecule has 0 fully saturated rings. The Kier molecular flexibility index (Phi) is 26.7. The van der Waals surface area contributed by atoms with Crippen LogP contribution in [0.15, 0.2) is 334 Å². The van der Waals surface area contributed by atoms with Gasteiger partial charge in [-0.1, -0.05) is 195 Å². The van der Waals surface area contributed by atoms with Gasteiger partial charge in [0, 0.05) is 95.6 Å². The number of rotatable bonds is 24. The summed E-state index contributed by atoms with van der Waals surface area (Å²) in [6.45, 7) is 3.82. The maximum Gasteiger partial charge on any atom is 0.340 e. The lowest BCUT2D eigenvalue weighted by Gasteiger charge is -2.05. The van der Waals surface area contributed by atoms with E-state index in [1.54, 1.807) is 103 Å². The SMILES string of the molecule is Cc1ccc(-c2cc(COC(=O)c3ccc(Oc4ccccc4)nc3)on2)cc1.Cc1ccc(-c2cc(COC(=O)c3ccc(Oc4ccccc4)nc3)on2)cc1.O=C(OCc1cc(-c2ccccc2Cl)no1)c1ccc(Oc2ccccc2)nc1.O=C(OCc1cc(-c2ccccc2F)no1)c1ccc(Oc2ccccc2)nc1. The topological polar surface area (TPSA) is 298 Å². The number of esters is 4. The molecule has 0 aliphatic heterocycles. The highest BCUT2D eigenvalue weighted by atomic mass is 35.5. The number of aromatic nitrogens is 8. The number of pyridine rings is 4. The number of carbonyl (C=O) groups is 4. The van der Waals surface area contributed by atoms with Crippen LogP contribution in [0.4, 0.5) is 4.39 Å². The number of benzene rings is 8. The van der Waals surface area contributed by atoms with Crippen LogP contribution in [-0.2, 0) is 45.4 Å². The second-order valence-electron chi connectivity index (χ2n) is 24.9. The fourth-order valence-corrected chi connectivity index (χ4v) is 10.6. The largest absolute Gasteiger partial charge is 0.454 e. The summed E-state index contributed by atoms with van der Waals surface area (Å²) in [7, 11) is 0. The Labute approximate surface area is 667 Å². The van der Waals surface area contributed by atoms with Crippen molar-refractivity contribution in [3.63, 3.8) is 0 Å². The Hall–Kier alpha value is -15.5. The number of hydrogen-bond acceptors (Lipinski definition) is 24. The Bertz CT molecular complexity index is 5490. The molecule has 8 aromatic heterocycles. The summed E-state index contributed by atoms with van der Waals surface area (Å²) in [5.41, 5.74) is 8.78. The first-order valence-electron chi connectivity index (χ1n) is 35.6. The molecule has 0 aliphatic rings. The minimum atomic E-state index is -0.576. The molecular weight excluding hydrogens is 1500 g/mol. The van der Waals surface area contributed by atoms with E-state index in [0.717, 1.165) is 16.7 Å². The smallest absolute Gasteiger partial charge is 0.340 e. The lowest BCUT2D eigenvalue weighted by atomic mass is 10.1. The molecule has 0 bridgehead atoms. The van der Waals surface area contributed by atoms with Gasteiger partial charge in [0.1, 0.15) is 51.6 Å². The second kappa shape index (κ2) is 39.4. The second-order valence-corrected chi connectivity index (χ2v) is 25.3. The number of nitrogens with zero attached hydrogens (tertiary/aromatic N) is 8. The van der Waals surface area contributed by atoms with E-state index in [0.29, 0.717) is 120 Å².